The highest BCUT2D eigenvalue weighted by molar-refractivity contribution is 7.13. The summed E-state index contributed by atoms with van der Waals surface area (Å²) in [6.45, 7) is 2.54. The first-order chi connectivity index (χ1) is 6.31. The van der Waals surface area contributed by atoms with E-state index in [9.17, 15) is 0 Å². The quantitative estimate of drug-likeness (QED) is 0.796. The summed E-state index contributed by atoms with van der Waals surface area (Å²) in [5, 5.41) is 2.06. The monoisotopic (exact) mass is 193 g/mol. The van der Waals surface area contributed by atoms with Gasteiger partial charge in [0.25, 0.3) is 0 Å². The third kappa shape index (κ3) is 1.53. The van der Waals surface area contributed by atoms with Crippen LogP contribution in [-0.4, -0.2) is 0 Å². The van der Waals surface area contributed by atoms with E-state index < -0.39 is 0 Å². The van der Waals surface area contributed by atoms with Crippen molar-refractivity contribution >= 4 is 11.3 Å². The maximum Gasteiger partial charge on any atom is 0.144 e. The van der Waals surface area contributed by atoms with E-state index in [1.54, 1.807) is 11.3 Å². The van der Waals surface area contributed by atoms with E-state index in [0.717, 1.165) is 11.5 Å². The third-order valence-electron chi connectivity index (χ3n) is 1.95. The number of hydrogen-bond donors (Lipinski definition) is 1. The Kier molecular flexibility index (Phi) is 2.20. The van der Waals surface area contributed by atoms with Gasteiger partial charge in [0.1, 0.15) is 11.5 Å². The highest BCUT2D eigenvalue weighted by atomic mass is 32.1. The normalized spacial score (nSPS) is 10.6. The van der Waals surface area contributed by atoms with Gasteiger partial charge in [0.15, 0.2) is 0 Å². The zero-order chi connectivity index (χ0) is 9.26. The Balaban J connectivity index is 2.41. The summed E-state index contributed by atoms with van der Waals surface area (Å²) in [6.07, 6.45) is 0. The molecule has 2 rings (SSSR count). The van der Waals surface area contributed by atoms with Crippen molar-refractivity contribution in [2.45, 2.75) is 13.5 Å². The van der Waals surface area contributed by atoms with Crippen LogP contribution in [0.15, 0.2) is 28.0 Å². The second-order valence-electron chi connectivity index (χ2n) is 2.90. The number of rotatable bonds is 2. The van der Waals surface area contributed by atoms with Gasteiger partial charge in [-0.25, -0.2) is 0 Å². The second kappa shape index (κ2) is 3.36. The molecule has 0 aromatic carbocycles. The fraction of sp³-hybridized carbons (Fsp3) is 0.200. The molecule has 2 aromatic heterocycles. The Morgan fingerprint density at radius 1 is 1.38 bits per heavy atom. The van der Waals surface area contributed by atoms with Gasteiger partial charge >= 0.3 is 0 Å². The average Bonchev–Trinajstić information content (AvgIpc) is 2.71. The molecule has 2 nitrogen and oxygen atoms in total. The first kappa shape index (κ1) is 8.53. The number of hydrogen-bond acceptors (Lipinski definition) is 3. The predicted octanol–water partition coefficient (Wildman–Crippen LogP) is 2.78. The predicted molar refractivity (Wildman–Crippen MR) is 54.6 cm³/mol. The molecule has 2 heterocycles. The number of nitrogens with two attached hydrogens (primary N) is 1. The lowest BCUT2D eigenvalue weighted by Crippen LogP contribution is -1.92. The minimum absolute atomic E-state index is 0.463. The molecule has 0 aliphatic heterocycles. The van der Waals surface area contributed by atoms with Crippen LogP contribution in [0.25, 0.3) is 10.6 Å². The summed E-state index contributed by atoms with van der Waals surface area (Å²) >= 11 is 1.69. The van der Waals surface area contributed by atoms with Gasteiger partial charge in [-0.2, -0.15) is 0 Å². The van der Waals surface area contributed by atoms with Crippen molar-refractivity contribution in [3.63, 3.8) is 0 Å². The number of furan rings is 1. The van der Waals surface area contributed by atoms with Crippen LogP contribution in [0, 0.1) is 6.92 Å². The molecule has 0 bridgehead atoms. The molecule has 0 unspecified atom stereocenters. The van der Waals surface area contributed by atoms with Gasteiger partial charge in [0.05, 0.1) is 11.4 Å². The maximum atomic E-state index is 5.54. The van der Waals surface area contributed by atoms with Gasteiger partial charge in [0.2, 0.25) is 0 Å². The summed E-state index contributed by atoms with van der Waals surface area (Å²) in [7, 11) is 0. The second-order valence-corrected chi connectivity index (χ2v) is 3.82. The van der Waals surface area contributed by atoms with E-state index in [-0.39, 0.29) is 0 Å². The Morgan fingerprint density at radius 3 is 2.77 bits per heavy atom. The Bertz CT molecular complexity index is 402. The van der Waals surface area contributed by atoms with Crippen molar-refractivity contribution in [3.8, 4) is 10.6 Å². The van der Waals surface area contributed by atoms with Crippen LogP contribution >= 0.6 is 11.3 Å². The van der Waals surface area contributed by atoms with E-state index in [2.05, 4.69) is 18.4 Å². The number of aryl methyl sites for hydroxylation is 1. The lowest BCUT2D eigenvalue weighted by Gasteiger charge is -1.93. The summed E-state index contributed by atoms with van der Waals surface area (Å²) in [5.41, 5.74) is 6.72. The Hall–Kier alpha value is -1.06. The van der Waals surface area contributed by atoms with Crippen LogP contribution in [-0.2, 0) is 6.54 Å². The van der Waals surface area contributed by atoms with Crippen LogP contribution in [0.5, 0.6) is 0 Å². The van der Waals surface area contributed by atoms with E-state index >= 15 is 0 Å². The molecule has 13 heavy (non-hydrogen) atoms. The van der Waals surface area contributed by atoms with E-state index in [1.807, 2.05) is 12.1 Å². The van der Waals surface area contributed by atoms with Gasteiger partial charge in [-0.15, -0.1) is 11.3 Å². The van der Waals surface area contributed by atoms with Crippen LogP contribution in [0.2, 0.25) is 0 Å². The molecular formula is C10H11NOS. The molecule has 0 spiro atoms. The van der Waals surface area contributed by atoms with Crippen molar-refractivity contribution in [3.05, 3.63) is 34.9 Å². The fourth-order valence-electron chi connectivity index (χ4n) is 1.23. The molecule has 68 valence electrons. The summed E-state index contributed by atoms with van der Waals surface area (Å²) in [6, 6.07) is 5.99. The lowest BCUT2D eigenvalue weighted by atomic mass is 10.2. The SMILES string of the molecule is Cc1ccsc1-c1ccc(CN)o1. The van der Waals surface area contributed by atoms with Crippen LogP contribution < -0.4 is 5.73 Å². The largest absolute Gasteiger partial charge is 0.459 e. The molecule has 0 saturated heterocycles. The van der Waals surface area contributed by atoms with Gasteiger partial charge in [-0.3, -0.25) is 0 Å². The highest BCUT2D eigenvalue weighted by Gasteiger charge is 2.07. The minimum Gasteiger partial charge on any atom is -0.459 e. The molecule has 0 aliphatic rings. The zero-order valence-electron chi connectivity index (χ0n) is 7.41. The van der Waals surface area contributed by atoms with Gasteiger partial charge in [-0.05, 0) is 36.1 Å². The van der Waals surface area contributed by atoms with Crippen molar-refractivity contribution in [2.24, 2.45) is 5.73 Å². The van der Waals surface area contributed by atoms with Crippen molar-refractivity contribution in [2.75, 3.05) is 0 Å². The summed E-state index contributed by atoms with van der Waals surface area (Å²) in [4.78, 5) is 1.19. The Morgan fingerprint density at radius 2 is 2.23 bits per heavy atom. The molecule has 2 aromatic rings. The first-order valence-corrected chi connectivity index (χ1v) is 5.02. The molecule has 2 N–H and O–H groups in total. The Labute approximate surface area is 81.0 Å². The molecule has 0 aliphatic carbocycles. The topological polar surface area (TPSA) is 39.2 Å². The molecular weight excluding hydrogens is 182 g/mol. The van der Waals surface area contributed by atoms with Crippen molar-refractivity contribution in [1.82, 2.24) is 0 Å². The van der Waals surface area contributed by atoms with Crippen molar-refractivity contribution in [1.29, 1.82) is 0 Å². The lowest BCUT2D eigenvalue weighted by molar-refractivity contribution is 0.526. The standard InChI is InChI=1S/C10H11NOS/c1-7-4-5-13-10(7)9-3-2-8(6-11)12-9/h2-5H,6,11H2,1H3. The summed E-state index contributed by atoms with van der Waals surface area (Å²) in [5.74, 6) is 1.76. The van der Waals surface area contributed by atoms with Crippen molar-refractivity contribution < 1.29 is 4.42 Å². The molecule has 0 fully saturated rings. The van der Waals surface area contributed by atoms with Gasteiger partial charge < -0.3 is 10.2 Å². The number of thiophene rings is 1. The smallest absolute Gasteiger partial charge is 0.144 e. The average molecular weight is 193 g/mol. The molecule has 0 atom stereocenters. The zero-order valence-corrected chi connectivity index (χ0v) is 8.23. The van der Waals surface area contributed by atoms with E-state index in [0.29, 0.717) is 6.54 Å². The van der Waals surface area contributed by atoms with Crippen LogP contribution in [0.3, 0.4) is 0 Å². The fourth-order valence-corrected chi connectivity index (χ4v) is 2.12. The minimum atomic E-state index is 0.463. The van der Waals surface area contributed by atoms with Gasteiger partial charge in [0, 0.05) is 0 Å². The third-order valence-corrected chi connectivity index (χ3v) is 2.98. The molecule has 0 saturated carbocycles. The van der Waals surface area contributed by atoms with E-state index in [4.69, 9.17) is 10.2 Å². The van der Waals surface area contributed by atoms with Gasteiger partial charge in [-0.1, -0.05) is 0 Å². The van der Waals surface area contributed by atoms with Crippen LogP contribution in [0.1, 0.15) is 11.3 Å². The molecule has 0 radical (unpaired) electrons. The highest BCUT2D eigenvalue weighted by Crippen LogP contribution is 2.30. The van der Waals surface area contributed by atoms with E-state index in [1.165, 1.54) is 10.4 Å². The molecule has 3 heteroatoms. The first-order valence-electron chi connectivity index (χ1n) is 4.14. The van der Waals surface area contributed by atoms with Crippen LogP contribution in [0.4, 0.5) is 0 Å². The maximum absolute atomic E-state index is 5.54. The molecule has 0 amide bonds. The summed E-state index contributed by atoms with van der Waals surface area (Å²) < 4.78 is 5.54.